The lowest BCUT2D eigenvalue weighted by Crippen LogP contribution is -2.34. The van der Waals surface area contributed by atoms with Crippen molar-refractivity contribution in [2.24, 2.45) is 0 Å². The summed E-state index contributed by atoms with van der Waals surface area (Å²) in [5.41, 5.74) is 2.53. The van der Waals surface area contributed by atoms with Crippen LogP contribution in [-0.2, 0) is 22.3 Å². The highest BCUT2D eigenvalue weighted by Crippen LogP contribution is 2.34. The summed E-state index contributed by atoms with van der Waals surface area (Å²) in [5, 5.41) is 7.03. The minimum absolute atomic E-state index is 0. The van der Waals surface area contributed by atoms with E-state index in [1.165, 1.54) is 36.9 Å². The topological polar surface area (TPSA) is 68.3 Å². The Hall–Kier alpha value is -0.660. The molecule has 3 aliphatic rings. The molecule has 26 heavy (non-hydrogen) atoms. The van der Waals surface area contributed by atoms with Crippen LogP contribution in [0.25, 0.3) is 0 Å². The number of ether oxygens (including phenoxy) is 2. The van der Waals surface area contributed by atoms with Crippen molar-refractivity contribution in [2.45, 2.75) is 50.5 Å². The fourth-order valence-corrected chi connectivity index (χ4v) is 3.94. The zero-order valence-corrected chi connectivity index (χ0v) is 16.8. The summed E-state index contributed by atoms with van der Waals surface area (Å²) in [6.45, 7) is 4.81. The van der Waals surface area contributed by atoms with E-state index >= 15 is 0 Å². The number of hydrogen-bond acceptors (Lipinski definition) is 6. The molecule has 1 saturated carbocycles. The molecule has 0 spiro atoms. The van der Waals surface area contributed by atoms with Crippen molar-refractivity contribution in [2.75, 3.05) is 44.8 Å². The van der Waals surface area contributed by atoms with Gasteiger partial charge in [0.1, 0.15) is 11.6 Å². The summed E-state index contributed by atoms with van der Waals surface area (Å²) in [6, 6.07) is 0. The lowest BCUT2D eigenvalue weighted by molar-refractivity contribution is -0.0819. The first-order valence-electron chi connectivity index (χ1n) is 9.44. The Kier molecular flexibility index (Phi) is 8.84. The van der Waals surface area contributed by atoms with Crippen molar-refractivity contribution < 1.29 is 9.47 Å². The van der Waals surface area contributed by atoms with E-state index < -0.39 is 0 Å². The van der Waals surface area contributed by atoms with Crippen LogP contribution in [0.2, 0.25) is 0 Å². The van der Waals surface area contributed by atoms with E-state index in [9.17, 15) is 0 Å². The van der Waals surface area contributed by atoms with Gasteiger partial charge >= 0.3 is 0 Å². The van der Waals surface area contributed by atoms with Crippen LogP contribution in [0, 0.1) is 0 Å². The molecule has 1 atom stereocenters. The standard InChI is InChI=1S/C18H28N4O2.2ClH/c1-2-4-13(3-1)17-21-16-6-8-19-7-5-15(16)18(22-17)20-11-14-12-23-9-10-24-14;;/h13-14,19H,1-12H2,(H,20,21,22);2*1H. The monoisotopic (exact) mass is 404 g/mol. The molecule has 1 aromatic rings. The molecule has 0 amide bonds. The second-order valence-electron chi connectivity index (χ2n) is 7.04. The third-order valence-corrected chi connectivity index (χ3v) is 5.30. The molecule has 2 fully saturated rings. The smallest absolute Gasteiger partial charge is 0.134 e. The van der Waals surface area contributed by atoms with Crippen molar-refractivity contribution in [3.8, 4) is 0 Å². The minimum atomic E-state index is 0. The molecule has 3 heterocycles. The first-order chi connectivity index (χ1) is 11.9. The van der Waals surface area contributed by atoms with Gasteiger partial charge in [-0.1, -0.05) is 12.8 Å². The predicted molar refractivity (Wildman–Crippen MR) is 107 cm³/mol. The fraction of sp³-hybridized carbons (Fsp3) is 0.778. The van der Waals surface area contributed by atoms with Crippen molar-refractivity contribution in [1.82, 2.24) is 15.3 Å². The molecule has 1 aliphatic carbocycles. The van der Waals surface area contributed by atoms with E-state index in [-0.39, 0.29) is 30.9 Å². The molecule has 0 radical (unpaired) electrons. The van der Waals surface area contributed by atoms with E-state index in [1.807, 2.05) is 0 Å². The van der Waals surface area contributed by atoms with Crippen LogP contribution >= 0.6 is 24.8 Å². The summed E-state index contributed by atoms with van der Waals surface area (Å²) in [6.07, 6.45) is 7.18. The average Bonchev–Trinajstić information content (AvgIpc) is 3.06. The van der Waals surface area contributed by atoms with Crippen LogP contribution in [-0.4, -0.2) is 55.5 Å². The van der Waals surface area contributed by atoms with E-state index in [2.05, 4.69) is 10.6 Å². The van der Waals surface area contributed by atoms with Crippen LogP contribution in [0.3, 0.4) is 0 Å². The Morgan fingerprint density at radius 2 is 1.85 bits per heavy atom. The van der Waals surface area contributed by atoms with Gasteiger partial charge in [-0.3, -0.25) is 0 Å². The van der Waals surface area contributed by atoms with E-state index in [4.69, 9.17) is 19.4 Å². The zero-order valence-electron chi connectivity index (χ0n) is 15.2. The van der Waals surface area contributed by atoms with Crippen LogP contribution in [0.1, 0.15) is 48.7 Å². The second-order valence-corrected chi connectivity index (χ2v) is 7.04. The van der Waals surface area contributed by atoms with Gasteiger partial charge in [0, 0.05) is 31.0 Å². The largest absolute Gasteiger partial charge is 0.376 e. The van der Waals surface area contributed by atoms with Crippen LogP contribution in [0.5, 0.6) is 0 Å². The number of nitrogens with one attached hydrogen (secondary N) is 2. The predicted octanol–water partition coefficient (Wildman–Crippen LogP) is 2.49. The van der Waals surface area contributed by atoms with Gasteiger partial charge in [-0.2, -0.15) is 0 Å². The SMILES string of the molecule is C1CCC(c2nc3c(c(NCC4COCCO4)n2)CCNCC3)C1.Cl.Cl. The highest BCUT2D eigenvalue weighted by atomic mass is 35.5. The Morgan fingerprint density at radius 3 is 2.62 bits per heavy atom. The Balaban J connectivity index is 0.00000121. The Morgan fingerprint density at radius 1 is 1.04 bits per heavy atom. The Bertz CT molecular complexity index is 564. The summed E-state index contributed by atoms with van der Waals surface area (Å²) in [7, 11) is 0. The number of hydrogen-bond donors (Lipinski definition) is 2. The molecule has 1 saturated heterocycles. The maximum atomic E-state index is 5.76. The maximum absolute atomic E-state index is 5.76. The first-order valence-corrected chi connectivity index (χ1v) is 9.44. The molecule has 8 heteroatoms. The second kappa shape index (κ2) is 10.6. The van der Waals surface area contributed by atoms with E-state index in [0.29, 0.717) is 25.7 Å². The van der Waals surface area contributed by atoms with Gasteiger partial charge in [-0.05, 0) is 25.8 Å². The number of aromatic nitrogens is 2. The lowest BCUT2D eigenvalue weighted by atomic mass is 10.0. The Labute approximate surface area is 168 Å². The summed E-state index contributed by atoms with van der Waals surface area (Å²) in [5.74, 6) is 2.62. The van der Waals surface area contributed by atoms with Crippen LogP contribution < -0.4 is 10.6 Å². The van der Waals surface area contributed by atoms with Crippen LogP contribution in [0.15, 0.2) is 0 Å². The molecule has 2 aliphatic heterocycles. The molecular formula is C18H30Cl2N4O2. The van der Waals surface area contributed by atoms with Gasteiger partial charge in [0.25, 0.3) is 0 Å². The number of halogens is 2. The fourth-order valence-electron chi connectivity index (χ4n) is 3.94. The molecule has 0 aromatic carbocycles. The number of anilines is 1. The molecule has 1 aromatic heterocycles. The summed E-state index contributed by atoms with van der Waals surface area (Å²) >= 11 is 0. The highest BCUT2D eigenvalue weighted by Gasteiger charge is 2.24. The van der Waals surface area contributed by atoms with Gasteiger partial charge < -0.3 is 20.1 Å². The first kappa shape index (κ1) is 21.6. The normalized spacial score (nSPS) is 23.3. The van der Waals surface area contributed by atoms with E-state index in [0.717, 1.165) is 44.1 Å². The number of nitrogens with zero attached hydrogens (tertiary/aromatic N) is 2. The third-order valence-electron chi connectivity index (χ3n) is 5.30. The molecule has 1 unspecified atom stereocenters. The van der Waals surface area contributed by atoms with Gasteiger partial charge in [0.2, 0.25) is 0 Å². The van der Waals surface area contributed by atoms with Gasteiger partial charge in [-0.15, -0.1) is 24.8 Å². The number of rotatable bonds is 4. The van der Waals surface area contributed by atoms with Crippen molar-refractivity contribution in [1.29, 1.82) is 0 Å². The average molecular weight is 405 g/mol. The lowest BCUT2D eigenvalue weighted by Gasteiger charge is -2.24. The summed E-state index contributed by atoms with van der Waals surface area (Å²) < 4.78 is 11.3. The molecule has 6 nitrogen and oxygen atoms in total. The highest BCUT2D eigenvalue weighted by molar-refractivity contribution is 5.85. The quantitative estimate of drug-likeness (QED) is 0.803. The maximum Gasteiger partial charge on any atom is 0.134 e. The molecule has 148 valence electrons. The van der Waals surface area contributed by atoms with E-state index in [1.54, 1.807) is 0 Å². The van der Waals surface area contributed by atoms with Crippen LogP contribution in [0.4, 0.5) is 5.82 Å². The number of fused-ring (bicyclic) bond motifs is 1. The van der Waals surface area contributed by atoms with Gasteiger partial charge in [-0.25, -0.2) is 9.97 Å². The zero-order chi connectivity index (χ0) is 16.2. The van der Waals surface area contributed by atoms with Crippen molar-refractivity contribution in [3.63, 3.8) is 0 Å². The molecule has 4 rings (SSSR count). The van der Waals surface area contributed by atoms with Crippen molar-refractivity contribution >= 4 is 30.6 Å². The van der Waals surface area contributed by atoms with Crippen molar-refractivity contribution in [3.05, 3.63) is 17.1 Å². The summed E-state index contributed by atoms with van der Waals surface area (Å²) in [4.78, 5) is 9.91. The molecule has 2 N–H and O–H groups in total. The third kappa shape index (κ3) is 5.20. The molecule has 0 bridgehead atoms. The molecular weight excluding hydrogens is 375 g/mol. The minimum Gasteiger partial charge on any atom is -0.376 e. The van der Waals surface area contributed by atoms with Gasteiger partial charge in [0.05, 0.1) is 31.6 Å². The van der Waals surface area contributed by atoms with Gasteiger partial charge in [0.15, 0.2) is 0 Å².